The topological polar surface area (TPSA) is 61.8 Å². The van der Waals surface area contributed by atoms with Crippen molar-refractivity contribution in [1.82, 2.24) is 19.9 Å². The largest absolute Gasteiger partial charge is 0.361 e. The Morgan fingerprint density at radius 3 is 2.84 bits per heavy atom. The number of rotatable bonds is 4. The molecule has 0 saturated heterocycles. The molecular formula is C18H14FN5S. The minimum absolute atomic E-state index is 0.264. The molecule has 0 amide bonds. The summed E-state index contributed by atoms with van der Waals surface area (Å²) >= 11 is 5.27. The quantitative estimate of drug-likeness (QED) is 0.431. The normalized spacial score (nSPS) is 11.6. The molecule has 0 aliphatic rings. The standard InChI is InChI=1S/C18H14FN5S/c19-15-6-4-12(5-7-15)10-16-22-23-18(25)24(16)21-11-14-3-1-2-13-8-9-20-17(13)14/h1-9,11,20H,10H2,(H,23,25)/b21-11+. The zero-order valence-corrected chi connectivity index (χ0v) is 13.9. The Hall–Kier alpha value is -3.06. The maximum absolute atomic E-state index is 13.0. The van der Waals surface area contributed by atoms with Crippen molar-refractivity contribution >= 4 is 29.3 Å². The van der Waals surface area contributed by atoms with Crippen LogP contribution in [0.5, 0.6) is 0 Å². The molecular weight excluding hydrogens is 337 g/mol. The fourth-order valence-electron chi connectivity index (χ4n) is 2.68. The number of hydrogen-bond donors (Lipinski definition) is 2. The molecule has 7 heteroatoms. The van der Waals surface area contributed by atoms with Crippen LogP contribution in [0, 0.1) is 10.6 Å². The second-order valence-corrected chi connectivity index (χ2v) is 5.98. The van der Waals surface area contributed by atoms with Gasteiger partial charge >= 0.3 is 0 Å². The molecule has 2 N–H and O–H groups in total. The summed E-state index contributed by atoms with van der Waals surface area (Å²) in [5.41, 5.74) is 2.90. The van der Waals surface area contributed by atoms with E-state index in [2.05, 4.69) is 20.3 Å². The summed E-state index contributed by atoms with van der Waals surface area (Å²) < 4.78 is 15.0. The summed E-state index contributed by atoms with van der Waals surface area (Å²) in [5.74, 6) is 0.395. The van der Waals surface area contributed by atoms with E-state index in [9.17, 15) is 4.39 Å². The Labute approximate surface area is 147 Å². The predicted molar refractivity (Wildman–Crippen MR) is 97.9 cm³/mol. The van der Waals surface area contributed by atoms with Crippen molar-refractivity contribution in [1.29, 1.82) is 0 Å². The zero-order chi connectivity index (χ0) is 17.2. The van der Waals surface area contributed by atoms with Crippen LogP contribution in [0.15, 0.2) is 59.8 Å². The van der Waals surface area contributed by atoms with Crippen molar-refractivity contribution < 1.29 is 4.39 Å². The average Bonchev–Trinajstić information content (AvgIpc) is 3.23. The van der Waals surface area contributed by atoms with E-state index in [0.29, 0.717) is 17.0 Å². The van der Waals surface area contributed by atoms with Crippen LogP contribution in [-0.4, -0.2) is 26.1 Å². The highest BCUT2D eigenvalue weighted by Gasteiger charge is 2.07. The van der Waals surface area contributed by atoms with Gasteiger partial charge in [-0.3, -0.25) is 5.10 Å². The molecule has 5 nitrogen and oxygen atoms in total. The van der Waals surface area contributed by atoms with E-state index in [-0.39, 0.29) is 5.82 Å². The molecule has 2 aromatic carbocycles. The number of nitrogens with one attached hydrogen (secondary N) is 2. The van der Waals surface area contributed by atoms with Gasteiger partial charge < -0.3 is 4.98 Å². The Morgan fingerprint density at radius 1 is 1.16 bits per heavy atom. The van der Waals surface area contributed by atoms with E-state index in [1.54, 1.807) is 23.0 Å². The third-order valence-corrected chi connectivity index (χ3v) is 4.19. The molecule has 0 bridgehead atoms. The third kappa shape index (κ3) is 3.14. The number of aromatic amines is 2. The van der Waals surface area contributed by atoms with Crippen molar-refractivity contribution in [3.8, 4) is 0 Å². The van der Waals surface area contributed by atoms with Gasteiger partial charge in [0.05, 0.1) is 11.7 Å². The molecule has 0 saturated carbocycles. The number of halogens is 1. The van der Waals surface area contributed by atoms with E-state index in [1.807, 2.05) is 30.5 Å². The van der Waals surface area contributed by atoms with Crippen LogP contribution < -0.4 is 0 Å². The minimum Gasteiger partial charge on any atom is -0.361 e. The van der Waals surface area contributed by atoms with Gasteiger partial charge in [0, 0.05) is 23.6 Å². The molecule has 25 heavy (non-hydrogen) atoms. The van der Waals surface area contributed by atoms with Crippen LogP contribution in [-0.2, 0) is 6.42 Å². The van der Waals surface area contributed by atoms with Crippen LogP contribution in [0.3, 0.4) is 0 Å². The van der Waals surface area contributed by atoms with Crippen molar-refractivity contribution in [3.63, 3.8) is 0 Å². The molecule has 0 fully saturated rings. The van der Waals surface area contributed by atoms with Crippen LogP contribution >= 0.6 is 12.2 Å². The van der Waals surface area contributed by atoms with E-state index in [4.69, 9.17) is 12.2 Å². The molecule has 4 rings (SSSR count). The SMILES string of the molecule is Fc1ccc(Cc2n[nH]c(=S)n2/N=C/c2cccc3cc[nH]c23)cc1. The van der Waals surface area contributed by atoms with Gasteiger partial charge in [-0.2, -0.15) is 14.9 Å². The van der Waals surface area contributed by atoms with Crippen molar-refractivity contribution in [2.24, 2.45) is 5.10 Å². The summed E-state index contributed by atoms with van der Waals surface area (Å²) in [6.45, 7) is 0. The van der Waals surface area contributed by atoms with E-state index >= 15 is 0 Å². The number of fused-ring (bicyclic) bond motifs is 1. The Kier molecular flexibility index (Phi) is 3.99. The van der Waals surface area contributed by atoms with Crippen molar-refractivity contribution in [2.45, 2.75) is 6.42 Å². The molecule has 2 aromatic heterocycles. The number of hydrogen-bond acceptors (Lipinski definition) is 3. The summed E-state index contributed by atoms with van der Waals surface area (Å²) in [6, 6.07) is 14.3. The smallest absolute Gasteiger partial charge is 0.216 e. The van der Waals surface area contributed by atoms with Crippen LogP contribution in [0.4, 0.5) is 4.39 Å². The molecule has 0 aliphatic carbocycles. The van der Waals surface area contributed by atoms with Gasteiger partial charge in [-0.1, -0.05) is 30.3 Å². The van der Waals surface area contributed by atoms with Crippen LogP contribution in [0.25, 0.3) is 10.9 Å². The second-order valence-electron chi connectivity index (χ2n) is 5.59. The summed E-state index contributed by atoms with van der Waals surface area (Å²) in [4.78, 5) is 3.21. The number of para-hydroxylation sites is 1. The summed E-state index contributed by atoms with van der Waals surface area (Å²) in [6.07, 6.45) is 4.14. The molecule has 0 spiro atoms. The van der Waals surface area contributed by atoms with Gasteiger partial charge in [-0.25, -0.2) is 4.39 Å². The molecule has 4 aromatic rings. The summed E-state index contributed by atoms with van der Waals surface area (Å²) in [5, 5.41) is 12.6. The Balaban J connectivity index is 1.67. The first-order valence-electron chi connectivity index (χ1n) is 7.72. The molecule has 0 aliphatic heterocycles. The average molecular weight is 351 g/mol. The highest BCUT2D eigenvalue weighted by Crippen LogP contribution is 2.15. The van der Waals surface area contributed by atoms with E-state index in [0.717, 1.165) is 22.0 Å². The highest BCUT2D eigenvalue weighted by molar-refractivity contribution is 7.71. The van der Waals surface area contributed by atoms with Gasteiger partial charge in [0.25, 0.3) is 0 Å². The van der Waals surface area contributed by atoms with E-state index < -0.39 is 0 Å². The lowest BCUT2D eigenvalue weighted by Crippen LogP contribution is -2.00. The number of benzene rings is 2. The maximum Gasteiger partial charge on any atom is 0.216 e. The number of nitrogens with zero attached hydrogens (tertiary/aromatic N) is 3. The molecule has 0 unspecified atom stereocenters. The first-order chi connectivity index (χ1) is 12.2. The molecule has 2 heterocycles. The van der Waals surface area contributed by atoms with Crippen molar-refractivity contribution in [2.75, 3.05) is 0 Å². The Bertz CT molecular complexity index is 1100. The number of aromatic nitrogens is 4. The minimum atomic E-state index is -0.264. The van der Waals surface area contributed by atoms with E-state index in [1.165, 1.54) is 12.1 Å². The zero-order valence-electron chi connectivity index (χ0n) is 13.1. The lowest BCUT2D eigenvalue weighted by molar-refractivity contribution is 0.627. The first kappa shape index (κ1) is 15.5. The molecule has 0 atom stereocenters. The first-order valence-corrected chi connectivity index (χ1v) is 8.13. The van der Waals surface area contributed by atoms with Gasteiger partial charge in [-0.05, 0) is 36.0 Å². The maximum atomic E-state index is 13.0. The highest BCUT2D eigenvalue weighted by atomic mass is 32.1. The van der Waals surface area contributed by atoms with Crippen LogP contribution in [0.2, 0.25) is 0 Å². The van der Waals surface area contributed by atoms with Crippen molar-refractivity contribution in [3.05, 3.63) is 82.3 Å². The monoisotopic (exact) mass is 351 g/mol. The fraction of sp³-hybridized carbons (Fsp3) is 0.0556. The van der Waals surface area contributed by atoms with Gasteiger partial charge in [0.15, 0.2) is 5.82 Å². The van der Waals surface area contributed by atoms with Gasteiger partial charge in [-0.15, -0.1) is 0 Å². The number of H-pyrrole nitrogens is 2. The molecule has 124 valence electrons. The Morgan fingerprint density at radius 2 is 2.00 bits per heavy atom. The van der Waals surface area contributed by atoms with Gasteiger partial charge in [0.2, 0.25) is 4.77 Å². The second kappa shape index (κ2) is 6.45. The third-order valence-electron chi connectivity index (χ3n) is 3.92. The molecule has 0 radical (unpaired) electrons. The predicted octanol–water partition coefficient (Wildman–Crippen LogP) is 4.03. The van der Waals surface area contributed by atoms with Gasteiger partial charge in [0.1, 0.15) is 5.82 Å². The summed E-state index contributed by atoms with van der Waals surface area (Å²) in [7, 11) is 0. The lowest BCUT2D eigenvalue weighted by Gasteiger charge is -2.02. The fourth-order valence-corrected chi connectivity index (χ4v) is 2.88. The van der Waals surface area contributed by atoms with Crippen LogP contribution in [0.1, 0.15) is 17.0 Å². The lowest BCUT2D eigenvalue weighted by atomic mass is 10.1.